The van der Waals surface area contributed by atoms with E-state index in [9.17, 15) is 0 Å². The second-order valence-corrected chi connectivity index (χ2v) is 4.57. The Balaban J connectivity index is 2.53. The van der Waals surface area contributed by atoms with Crippen LogP contribution in [0.4, 0.5) is 0 Å². The Bertz CT molecular complexity index is 251. The van der Waals surface area contributed by atoms with Crippen LogP contribution < -0.4 is 5.32 Å². The highest BCUT2D eigenvalue weighted by atomic mass is 32.1. The van der Waals surface area contributed by atoms with Gasteiger partial charge in [0.25, 0.3) is 0 Å². The number of ether oxygens (including phenoxy) is 1. The summed E-state index contributed by atoms with van der Waals surface area (Å²) in [6, 6.07) is 0.362. The molecule has 0 aliphatic carbocycles. The summed E-state index contributed by atoms with van der Waals surface area (Å²) in [5.74, 6) is 0. The minimum absolute atomic E-state index is 0.281. The molecule has 0 saturated carbocycles. The van der Waals surface area contributed by atoms with E-state index in [-0.39, 0.29) is 6.10 Å². The van der Waals surface area contributed by atoms with Crippen molar-refractivity contribution in [3.05, 3.63) is 16.6 Å². The molecule has 1 heterocycles. The average Bonchev–Trinajstić information content (AvgIpc) is 2.75. The van der Waals surface area contributed by atoms with Crippen LogP contribution in [0.5, 0.6) is 0 Å². The van der Waals surface area contributed by atoms with Gasteiger partial charge in [0.2, 0.25) is 0 Å². The Kier molecular flexibility index (Phi) is 5.83. The molecule has 4 heteroatoms. The Hall–Kier alpha value is -0.450. The first kappa shape index (κ1) is 12.6. The molecule has 15 heavy (non-hydrogen) atoms. The molecule has 0 saturated heterocycles. The van der Waals surface area contributed by atoms with Gasteiger partial charge >= 0.3 is 0 Å². The van der Waals surface area contributed by atoms with Crippen molar-refractivity contribution < 1.29 is 4.74 Å². The molecule has 1 aromatic heterocycles. The minimum Gasteiger partial charge on any atom is -0.380 e. The maximum atomic E-state index is 5.51. The number of aromatic nitrogens is 1. The van der Waals surface area contributed by atoms with Gasteiger partial charge in [-0.15, -0.1) is 11.3 Å². The highest BCUT2D eigenvalue weighted by Gasteiger charge is 2.19. The molecule has 0 aliphatic rings. The van der Waals surface area contributed by atoms with Crippen LogP contribution in [0.2, 0.25) is 0 Å². The first-order chi connectivity index (χ1) is 7.31. The predicted molar refractivity (Wildman–Crippen MR) is 64.4 cm³/mol. The number of methoxy groups -OCH3 is 1. The molecule has 86 valence electrons. The highest BCUT2D eigenvalue weighted by molar-refractivity contribution is 7.09. The molecule has 1 aromatic rings. The summed E-state index contributed by atoms with van der Waals surface area (Å²) >= 11 is 1.71. The van der Waals surface area contributed by atoms with Crippen LogP contribution in [-0.2, 0) is 11.2 Å². The van der Waals surface area contributed by atoms with Crippen molar-refractivity contribution in [2.45, 2.75) is 38.3 Å². The Morgan fingerprint density at radius 3 is 2.87 bits per heavy atom. The fourth-order valence-corrected chi connectivity index (χ4v) is 2.41. The van der Waals surface area contributed by atoms with Gasteiger partial charge in [-0.3, -0.25) is 0 Å². The summed E-state index contributed by atoms with van der Waals surface area (Å²) in [4.78, 5) is 4.30. The molecule has 1 rings (SSSR count). The molecule has 0 aromatic carbocycles. The summed E-state index contributed by atoms with van der Waals surface area (Å²) in [6.07, 6.45) is 5.33. The van der Waals surface area contributed by atoms with Gasteiger partial charge in [-0.05, 0) is 13.5 Å². The standard InChI is InChI=1S/C11H20N2OS/c1-4-5-10(14-3)9(12-2)8-11-13-6-7-15-11/h6-7,9-10,12H,4-5,8H2,1-3H3. The molecule has 0 spiro atoms. The lowest BCUT2D eigenvalue weighted by atomic mass is 10.0. The van der Waals surface area contributed by atoms with Crippen molar-refractivity contribution in [3.8, 4) is 0 Å². The van der Waals surface area contributed by atoms with Crippen molar-refractivity contribution in [2.75, 3.05) is 14.2 Å². The number of likely N-dealkylation sites (N-methyl/N-ethyl adjacent to an activating group) is 1. The number of hydrogen-bond acceptors (Lipinski definition) is 4. The van der Waals surface area contributed by atoms with Gasteiger partial charge in [0.15, 0.2) is 0 Å². The van der Waals surface area contributed by atoms with E-state index in [0.717, 1.165) is 19.3 Å². The first-order valence-corrected chi connectivity index (χ1v) is 6.28. The third-order valence-electron chi connectivity index (χ3n) is 2.57. The summed E-state index contributed by atoms with van der Waals surface area (Å²) in [5.41, 5.74) is 0. The van der Waals surface area contributed by atoms with Gasteiger partial charge in [0.1, 0.15) is 0 Å². The third kappa shape index (κ3) is 3.89. The van der Waals surface area contributed by atoms with E-state index in [2.05, 4.69) is 17.2 Å². The molecule has 2 atom stereocenters. The van der Waals surface area contributed by atoms with Crippen LogP contribution in [0.25, 0.3) is 0 Å². The molecule has 3 nitrogen and oxygen atoms in total. The summed E-state index contributed by atoms with van der Waals surface area (Å²) in [7, 11) is 3.77. The van der Waals surface area contributed by atoms with Gasteiger partial charge in [-0.2, -0.15) is 0 Å². The Labute approximate surface area is 95.9 Å². The van der Waals surface area contributed by atoms with E-state index in [0.29, 0.717) is 6.04 Å². The molecule has 0 aliphatic heterocycles. The first-order valence-electron chi connectivity index (χ1n) is 5.40. The van der Waals surface area contributed by atoms with E-state index >= 15 is 0 Å². The van der Waals surface area contributed by atoms with Crippen molar-refractivity contribution in [2.24, 2.45) is 0 Å². The maximum Gasteiger partial charge on any atom is 0.0941 e. The number of thiazole rings is 1. The molecule has 0 fully saturated rings. The van der Waals surface area contributed by atoms with E-state index < -0.39 is 0 Å². The summed E-state index contributed by atoms with van der Waals surface area (Å²) in [5, 5.41) is 6.51. The van der Waals surface area contributed by atoms with E-state index in [4.69, 9.17) is 4.74 Å². The van der Waals surface area contributed by atoms with Crippen LogP contribution >= 0.6 is 11.3 Å². The van der Waals surface area contributed by atoms with E-state index in [1.165, 1.54) is 5.01 Å². The SMILES string of the molecule is CCCC(OC)C(Cc1nccs1)NC. The third-order valence-corrected chi connectivity index (χ3v) is 3.38. The Morgan fingerprint density at radius 1 is 1.60 bits per heavy atom. The lowest BCUT2D eigenvalue weighted by Crippen LogP contribution is -2.40. The predicted octanol–water partition coefficient (Wildman–Crippen LogP) is 2.09. The normalized spacial score (nSPS) is 15.1. The molecule has 1 N–H and O–H groups in total. The van der Waals surface area contributed by atoms with Gasteiger partial charge in [0.05, 0.1) is 11.1 Å². The summed E-state index contributed by atoms with van der Waals surface area (Å²) < 4.78 is 5.51. The van der Waals surface area contributed by atoms with Crippen LogP contribution in [0.1, 0.15) is 24.8 Å². The second-order valence-electron chi connectivity index (χ2n) is 3.59. The van der Waals surface area contributed by atoms with Crippen LogP contribution in [0, 0.1) is 0 Å². The largest absolute Gasteiger partial charge is 0.380 e. The van der Waals surface area contributed by atoms with Gasteiger partial charge in [0, 0.05) is 31.1 Å². The van der Waals surface area contributed by atoms with Crippen molar-refractivity contribution in [3.63, 3.8) is 0 Å². The second kappa shape index (κ2) is 6.93. The average molecular weight is 228 g/mol. The maximum absolute atomic E-state index is 5.51. The quantitative estimate of drug-likeness (QED) is 0.776. The molecule has 0 bridgehead atoms. The van der Waals surface area contributed by atoms with E-state index in [1.54, 1.807) is 18.4 Å². The van der Waals surface area contributed by atoms with Gasteiger partial charge in [-0.25, -0.2) is 4.98 Å². The zero-order valence-corrected chi connectivity index (χ0v) is 10.5. The van der Waals surface area contributed by atoms with Crippen molar-refractivity contribution in [1.82, 2.24) is 10.3 Å². The molecule has 0 amide bonds. The number of nitrogens with zero attached hydrogens (tertiary/aromatic N) is 1. The Morgan fingerprint density at radius 2 is 2.40 bits per heavy atom. The molecule has 2 unspecified atom stereocenters. The van der Waals surface area contributed by atoms with E-state index in [1.807, 2.05) is 18.6 Å². The lowest BCUT2D eigenvalue weighted by molar-refractivity contribution is 0.0633. The number of nitrogens with one attached hydrogen (secondary N) is 1. The van der Waals surface area contributed by atoms with Gasteiger partial charge in [-0.1, -0.05) is 13.3 Å². The van der Waals surface area contributed by atoms with Crippen molar-refractivity contribution in [1.29, 1.82) is 0 Å². The summed E-state index contributed by atoms with van der Waals surface area (Å²) in [6.45, 7) is 2.18. The van der Waals surface area contributed by atoms with Crippen LogP contribution in [0.3, 0.4) is 0 Å². The van der Waals surface area contributed by atoms with Crippen LogP contribution in [-0.4, -0.2) is 31.3 Å². The fraction of sp³-hybridized carbons (Fsp3) is 0.727. The van der Waals surface area contributed by atoms with Gasteiger partial charge < -0.3 is 10.1 Å². The zero-order valence-electron chi connectivity index (χ0n) is 9.69. The molecular formula is C11H20N2OS. The smallest absolute Gasteiger partial charge is 0.0941 e. The minimum atomic E-state index is 0.281. The lowest BCUT2D eigenvalue weighted by Gasteiger charge is -2.24. The molecule has 0 radical (unpaired) electrons. The van der Waals surface area contributed by atoms with Crippen molar-refractivity contribution >= 4 is 11.3 Å². The fourth-order valence-electron chi connectivity index (χ4n) is 1.73. The number of hydrogen-bond donors (Lipinski definition) is 1. The number of rotatable bonds is 7. The van der Waals surface area contributed by atoms with Crippen LogP contribution in [0.15, 0.2) is 11.6 Å². The zero-order chi connectivity index (χ0) is 11.1. The monoisotopic (exact) mass is 228 g/mol. The highest BCUT2D eigenvalue weighted by Crippen LogP contribution is 2.13. The topological polar surface area (TPSA) is 34.1 Å². The molecular weight excluding hydrogens is 208 g/mol.